The number of nitrogens with one attached hydrogen (secondary N) is 1. The van der Waals surface area contributed by atoms with Crippen molar-refractivity contribution < 1.29 is 9.53 Å². The lowest BCUT2D eigenvalue weighted by molar-refractivity contribution is -0.117. The van der Waals surface area contributed by atoms with Crippen molar-refractivity contribution in [3.8, 4) is 11.8 Å². The van der Waals surface area contributed by atoms with E-state index in [2.05, 4.69) is 15.3 Å². The maximum Gasteiger partial charge on any atom is 0.321 e. The van der Waals surface area contributed by atoms with Crippen LogP contribution in [-0.4, -0.2) is 15.9 Å². The molecule has 3 rings (SSSR count). The fourth-order valence-electron chi connectivity index (χ4n) is 2.54. The summed E-state index contributed by atoms with van der Waals surface area (Å²) in [6.45, 7) is 2.01. The number of amides is 1. The second-order valence-corrected chi connectivity index (χ2v) is 5.52. The Labute approximate surface area is 146 Å². The number of hydrogen-bond acceptors (Lipinski definition) is 4. The van der Waals surface area contributed by atoms with E-state index in [1.807, 2.05) is 37.3 Å². The molecule has 0 bridgehead atoms. The van der Waals surface area contributed by atoms with Crippen molar-refractivity contribution in [2.45, 2.75) is 19.3 Å². The molecule has 25 heavy (non-hydrogen) atoms. The molecule has 0 saturated carbocycles. The normalized spacial score (nSPS) is 11.6. The van der Waals surface area contributed by atoms with E-state index in [9.17, 15) is 4.79 Å². The van der Waals surface area contributed by atoms with Crippen LogP contribution in [-0.2, 0) is 4.79 Å². The molecule has 1 heterocycles. The Morgan fingerprint density at radius 1 is 1.00 bits per heavy atom. The van der Waals surface area contributed by atoms with E-state index >= 15 is 0 Å². The third-order valence-electron chi connectivity index (χ3n) is 3.80. The second-order valence-electron chi connectivity index (χ2n) is 5.52. The minimum Gasteiger partial charge on any atom is -0.424 e. The van der Waals surface area contributed by atoms with E-state index in [-0.39, 0.29) is 17.8 Å². The van der Waals surface area contributed by atoms with Crippen LogP contribution >= 0.6 is 0 Å². The largest absolute Gasteiger partial charge is 0.424 e. The van der Waals surface area contributed by atoms with Gasteiger partial charge in [-0.3, -0.25) is 4.79 Å². The SMILES string of the molecule is CC[C@@H](C(=O)Nc1ccc(Oc2ncccn2)cc1)c1ccccc1. The van der Waals surface area contributed by atoms with Gasteiger partial charge in [0.2, 0.25) is 5.91 Å². The Balaban J connectivity index is 1.65. The van der Waals surface area contributed by atoms with Crippen molar-refractivity contribution in [2.24, 2.45) is 0 Å². The average Bonchev–Trinajstić information content (AvgIpc) is 2.66. The molecule has 0 spiro atoms. The highest BCUT2D eigenvalue weighted by Crippen LogP contribution is 2.23. The van der Waals surface area contributed by atoms with Crippen LogP contribution in [0.25, 0.3) is 0 Å². The van der Waals surface area contributed by atoms with Gasteiger partial charge in [-0.1, -0.05) is 37.3 Å². The molecule has 2 aromatic carbocycles. The van der Waals surface area contributed by atoms with Crippen LogP contribution in [0.1, 0.15) is 24.8 Å². The topological polar surface area (TPSA) is 64.1 Å². The molecule has 0 unspecified atom stereocenters. The molecule has 1 atom stereocenters. The lowest BCUT2D eigenvalue weighted by Crippen LogP contribution is -2.20. The lowest BCUT2D eigenvalue weighted by Gasteiger charge is -2.15. The van der Waals surface area contributed by atoms with Gasteiger partial charge in [0.1, 0.15) is 5.75 Å². The van der Waals surface area contributed by atoms with Crippen molar-refractivity contribution in [3.63, 3.8) is 0 Å². The van der Waals surface area contributed by atoms with Crippen molar-refractivity contribution in [3.05, 3.63) is 78.6 Å². The molecule has 5 heteroatoms. The van der Waals surface area contributed by atoms with Gasteiger partial charge in [0.15, 0.2) is 0 Å². The molecule has 126 valence electrons. The minimum atomic E-state index is -0.171. The van der Waals surface area contributed by atoms with Gasteiger partial charge < -0.3 is 10.1 Å². The molecule has 0 aliphatic rings. The fraction of sp³-hybridized carbons (Fsp3) is 0.150. The highest BCUT2D eigenvalue weighted by molar-refractivity contribution is 5.95. The maximum atomic E-state index is 12.6. The first kappa shape index (κ1) is 16.6. The number of anilines is 1. The molecule has 0 radical (unpaired) electrons. The van der Waals surface area contributed by atoms with Gasteiger partial charge in [0.25, 0.3) is 0 Å². The summed E-state index contributed by atoms with van der Waals surface area (Å²) in [5.74, 6) is 0.419. The molecular weight excluding hydrogens is 314 g/mol. The molecule has 3 aromatic rings. The molecule has 0 fully saturated rings. The van der Waals surface area contributed by atoms with Gasteiger partial charge in [-0.15, -0.1) is 0 Å². The Morgan fingerprint density at radius 2 is 1.68 bits per heavy atom. The Hall–Kier alpha value is -3.21. The number of carbonyl (C=O) groups is 1. The summed E-state index contributed by atoms with van der Waals surface area (Å²) in [6, 6.07) is 19.0. The van der Waals surface area contributed by atoms with Crippen molar-refractivity contribution in [1.82, 2.24) is 9.97 Å². The van der Waals surface area contributed by atoms with Crippen LogP contribution in [0.4, 0.5) is 5.69 Å². The average molecular weight is 333 g/mol. The lowest BCUT2D eigenvalue weighted by atomic mass is 9.95. The quantitative estimate of drug-likeness (QED) is 0.726. The number of nitrogens with zero attached hydrogens (tertiary/aromatic N) is 2. The summed E-state index contributed by atoms with van der Waals surface area (Å²) in [6.07, 6.45) is 3.97. The number of aromatic nitrogens is 2. The maximum absolute atomic E-state index is 12.6. The van der Waals surface area contributed by atoms with E-state index < -0.39 is 0 Å². The standard InChI is InChI=1S/C20H19N3O2/c1-2-18(15-7-4-3-5-8-15)19(24)23-16-9-11-17(12-10-16)25-20-21-13-6-14-22-20/h3-14,18H,2H2,1H3,(H,23,24)/t18-/m1/s1. The summed E-state index contributed by atoms with van der Waals surface area (Å²) < 4.78 is 5.54. The zero-order valence-electron chi connectivity index (χ0n) is 13.9. The zero-order valence-corrected chi connectivity index (χ0v) is 13.9. The summed E-state index contributed by atoms with van der Waals surface area (Å²) in [5.41, 5.74) is 1.74. The first-order chi connectivity index (χ1) is 12.3. The van der Waals surface area contributed by atoms with Crippen molar-refractivity contribution in [1.29, 1.82) is 0 Å². The first-order valence-electron chi connectivity index (χ1n) is 8.17. The van der Waals surface area contributed by atoms with Crippen LogP contribution in [0, 0.1) is 0 Å². The van der Waals surface area contributed by atoms with Crippen molar-refractivity contribution >= 4 is 11.6 Å². The summed E-state index contributed by atoms with van der Waals surface area (Å²) in [4.78, 5) is 20.6. The Bertz CT molecular complexity index is 805. The Morgan fingerprint density at radius 3 is 2.32 bits per heavy atom. The monoisotopic (exact) mass is 333 g/mol. The number of ether oxygens (including phenoxy) is 1. The molecule has 1 amide bonds. The van der Waals surface area contributed by atoms with E-state index in [1.54, 1.807) is 42.7 Å². The summed E-state index contributed by atoms with van der Waals surface area (Å²) >= 11 is 0. The molecule has 0 aliphatic heterocycles. The van der Waals surface area contributed by atoms with E-state index in [1.165, 1.54) is 0 Å². The fourth-order valence-corrected chi connectivity index (χ4v) is 2.54. The van der Waals surface area contributed by atoms with E-state index in [0.29, 0.717) is 5.75 Å². The van der Waals surface area contributed by atoms with Crippen LogP contribution in [0.15, 0.2) is 73.1 Å². The van der Waals surface area contributed by atoms with Crippen LogP contribution < -0.4 is 10.1 Å². The second kappa shape index (κ2) is 8.06. The molecule has 0 aliphatic carbocycles. The Kier molecular flexibility index (Phi) is 5.36. The van der Waals surface area contributed by atoms with Crippen LogP contribution in [0.3, 0.4) is 0 Å². The minimum absolute atomic E-state index is 0.0197. The smallest absolute Gasteiger partial charge is 0.321 e. The van der Waals surface area contributed by atoms with E-state index in [0.717, 1.165) is 17.7 Å². The number of benzene rings is 2. The highest BCUT2D eigenvalue weighted by atomic mass is 16.5. The van der Waals surface area contributed by atoms with Gasteiger partial charge in [0, 0.05) is 18.1 Å². The first-order valence-corrected chi connectivity index (χ1v) is 8.17. The third kappa shape index (κ3) is 4.41. The predicted molar refractivity (Wildman–Crippen MR) is 96.7 cm³/mol. The third-order valence-corrected chi connectivity index (χ3v) is 3.80. The molecule has 5 nitrogen and oxygen atoms in total. The predicted octanol–water partition coefficient (Wildman–Crippen LogP) is 4.40. The summed E-state index contributed by atoms with van der Waals surface area (Å²) in [5, 5.41) is 2.96. The number of hydrogen-bond donors (Lipinski definition) is 1. The number of carbonyl (C=O) groups excluding carboxylic acids is 1. The molecular formula is C20H19N3O2. The van der Waals surface area contributed by atoms with Gasteiger partial charge in [0.05, 0.1) is 5.92 Å². The van der Waals surface area contributed by atoms with Crippen LogP contribution in [0.2, 0.25) is 0 Å². The van der Waals surface area contributed by atoms with Crippen LogP contribution in [0.5, 0.6) is 11.8 Å². The van der Waals surface area contributed by atoms with E-state index in [4.69, 9.17) is 4.74 Å². The van der Waals surface area contributed by atoms with Gasteiger partial charge in [-0.25, -0.2) is 9.97 Å². The molecule has 0 saturated heterocycles. The molecule has 1 N–H and O–H groups in total. The number of rotatable bonds is 6. The zero-order chi connectivity index (χ0) is 17.5. The van der Waals surface area contributed by atoms with Gasteiger partial charge in [-0.2, -0.15) is 0 Å². The van der Waals surface area contributed by atoms with Gasteiger partial charge >= 0.3 is 6.01 Å². The van der Waals surface area contributed by atoms with Crippen molar-refractivity contribution in [2.75, 3.05) is 5.32 Å². The highest BCUT2D eigenvalue weighted by Gasteiger charge is 2.18. The van der Waals surface area contributed by atoms with Gasteiger partial charge in [-0.05, 0) is 42.3 Å². The molecule has 1 aromatic heterocycles. The summed E-state index contributed by atoms with van der Waals surface area (Å²) in [7, 11) is 0.